The summed E-state index contributed by atoms with van der Waals surface area (Å²) in [6.45, 7) is -0.358. The Morgan fingerprint density at radius 2 is 1.82 bits per heavy atom. The minimum Gasteiger partial charge on any atom is -0.246 e. The topological polar surface area (TPSA) is 0 Å². The van der Waals surface area contributed by atoms with Crippen molar-refractivity contribution in [1.82, 2.24) is 0 Å². The van der Waals surface area contributed by atoms with Crippen molar-refractivity contribution >= 4 is 15.9 Å². The lowest BCUT2D eigenvalue weighted by Crippen LogP contribution is -1.91. The van der Waals surface area contributed by atoms with Gasteiger partial charge in [-0.1, -0.05) is 40.2 Å². The lowest BCUT2D eigenvalue weighted by atomic mass is 10.1. The normalized spacial score (nSPS) is 10.0. The summed E-state index contributed by atoms with van der Waals surface area (Å²) in [4.78, 5) is 0. The summed E-state index contributed by atoms with van der Waals surface area (Å²) in [7, 11) is 0. The van der Waals surface area contributed by atoms with Gasteiger partial charge < -0.3 is 0 Å². The Labute approximate surface area is 74.6 Å². The molecule has 0 amide bonds. The maximum Gasteiger partial charge on any atom is 0.115 e. The SMILES string of the molecule is FCc1ccccc1CCBr. The highest BCUT2D eigenvalue weighted by atomic mass is 79.9. The highest BCUT2D eigenvalue weighted by Gasteiger charge is 1.98. The molecule has 0 saturated heterocycles. The van der Waals surface area contributed by atoms with Gasteiger partial charge in [-0.2, -0.15) is 0 Å². The molecular formula is C9H10BrF. The molecule has 0 unspecified atom stereocenters. The summed E-state index contributed by atoms with van der Waals surface area (Å²) in [5, 5.41) is 0.893. The Balaban J connectivity index is 2.83. The molecule has 11 heavy (non-hydrogen) atoms. The first-order chi connectivity index (χ1) is 5.38. The van der Waals surface area contributed by atoms with Gasteiger partial charge in [-0.05, 0) is 17.5 Å². The largest absolute Gasteiger partial charge is 0.246 e. The Morgan fingerprint density at radius 3 is 2.36 bits per heavy atom. The molecule has 0 spiro atoms. The Kier molecular flexibility index (Phi) is 3.57. The van der Waals surface area contributed by atoms with E-state index >= 15 is 0 Å². The van der Waals surface area contributed by atoms with Gasteiger partial charge in [-0.25, -0.2) is 4.39 Å². The Bertz CT molecular complexity index is 223. The van der Waals surface area contributed by atoms with E-state index in [9.17, 15) is 4.39 Å². The van der Waals surface area contributed by atoms with Crippen LogP contribution in [0.2, 0.25) is 0 Å². The summed E-state index contributed by atoms with van der Waals surface area (Å²) in [5.74, 6) is 0. The summed E-state index contributed by atoms with van der Waals surface area (Å²) in [5.41, 5.74) is 1.92. The zero-order valence-corrected chi connectivity index (χ0v) is 7.77. The van der Waals surface area contributed by atoms with Gasteiger partial charge in [0.05, 0.1) is 0 Å². The van der Waals surface area contributed by atoms with Crippen molar-refractivity contribution in [2.24, 2.45) is 0 Å². The van der Waals surface area contributed by atoms with Crippen molar-refractivity contribution in [1.29, 1.82) is 0 Å². The minimum atomic E-state index is -0.358. The molecule has 0 radical (unpaired) electrons. The molecule has 0 saturated carbocycles. The first kappa shape index (κ1) is 8.72. The van der Waals surface area contributed by atoms with Gasteiger partial charge in [-0.3, -0.25) is 0 Å². The molecule has 0 aromatic heterocycles. The number of hydrogen-bond acceptors (Lipinski definition) is 0. The molecular weight excluding hydrogens is 207 g/mol. The zero-order chi connectivity index (χ0) is 8.10. The molecule has 0 nitrogen and oxygen atoms in total. The molecule has 0 fully saturated rings. The van der Waals surface area contributed by atoms with Crippen molar-refractivity contribution in [2.45, 2.75) is 13.1 Å². The first-order valence-corrected chi connectivity index (χ1v) is 4.69. The highest BCUT2D eigenvalue weighted by molar-refractivity contribution is 9.09. The summed E-state index contributed by atoms with van der Waals surface area (Å²) in [6.07, 6.45) is 0.903. The smallest absolute Gasteiger partial charge is 0.115 e. The van der Waals surface area contributed by atoms with E-state index in [0.29, 0.717) is 0 Å². The van der Waals surface area contributed by atoms with Crippen LogP contribution in [-0.4, -0.2) is 5.33 Å². The average Bonchev–Trinajstić information content (AvgIpc) is 2.06. The number of hydrogen-bond donors (Lipinski definition) is 0. The van der Waals surface area contributed by atoms with Crippen LogP contribution in [0.3, 0.4) is 0 Å². The Morgan fingerprint density at radius 1 is 1.18 bits per heavy atom. The quantitative estimate of drug-likeness (QED) is 0.682. The molecule has 0 bridgehead atoms. The van der Waals surface area contributed by atoms with Crippen molar-refractivity contribution in [3.8, 4) is 0 Å². The van der Waals surface area contributed by atoms with Gasteiger partial charge in [0.2, 0.25) is 0 Å². The van der Waals surface area contributed by atoms with Gasteiger partial charge >= 0.3 is 0 Å². The number of benzene rings is 1. The van der Waals surface area contributed by atoms with Crippen LogP contribution in [0.4, 0.5) is 4.39 Å². The third-order valence-electron chi connectivity index (χ3n) is 1.63. The highest BCUT2D eigenvalue weighted by Crippen LogP contribution is 2.11. The number of alkyl halides is 2. The average molecular weight is 217 g/mol. The number of aryl methyl sites for hydroxylation is 1. The fourth-order valence-corrected chi connectivity index (χ4v) is 1.46. The first-order valence-electron chi connectivity index (χ1n) is 3.57. The molecule has 0 aliphatic heterocycles. The van der Waals surface area contributed by atoms with Crippen LogP contribution in [0, 0.1) is 0 Å². The van der Waals surface area contributed by atoms with E-state index < -0.39 is 0 Å². The third kappa shape index (κ3) is 2.29. The number of halogens is 2. The van der Waals surface area contributed by atoms with Gasteiger partial charge in [0.1, 0.15) is 6.67 Å². The molecule has 0 aliphatic carbocycles. The molecule has 1 rings (SSSR count). The molecule has 0 heterocycles. The maximum atomic E-state index is 12.3. The summed E-state index contributed by atoms with van der Waals surface area (Å²) >= 11 is 3.33. The predicted molar refractivity (Wildman–Crippen MR) is 48.8 cm³/mol. The van der Waals surface area contributed by atoms with Crippen LogP contribution < -0.4 is 0 Å². The number of rotatable bonds is 3. The second-order valence-electron chi connectivity index (χ2n) is 2.34. The minimum absolute atomic E-state index is 0.358. The monoisotopic (exact) mass is 216 g/mol. The summed E-state index contributed by atoms with van der Waals surface area (Å²) in [6, 6.07) is 7.61. The van der Waals surface area contributed by atoms with E-state index in [1.807, 2.05) is 24.3 Å². The molecule has 0 N–H and O–H groups in total. The van der Waals surface area contributed by atoms with Gasteiger partial charge in [0.15, 0.2) is 0 Å². The molecule has 2 heteroatoms. The second kappa shape index (κ2) is 4.50. The van der Waals surface area contributed by atoms with E-state index in [2.05, 4.69) is 15.9 Å². The lowest BCUT2D eigenvalue weighted by molar-refractivity contribution is 0.483. The van der Waals surface area contributed by atoms with E-state index in [0.717, 1.165) is 22.9 Å². The van der Waals surface area contributed by atoms with Crippen LogP contribution in [0.1, 0.15) is 11.1 Å². The van der Waals surface area contributed by atoms with Crippen LogP contribution in [0.25, 0.3) is 0 Å². The van der Waals surface area contributed by atoms with Crippen LogP contribution in [0.5, 0.6) is 0 Å². The van der Waals surface area contributed by atoms with E-state index in [1.54, 1.807) is 0 Å². The van der Waals surface area contributed by atoms with Crippen molar-refractivity contribution < 1.29 is 4.39 Å². The molecule has 0 aliphatic rings. The standard InChI is InChI=1S/C9H10BrF/c10-6-5-8-3-1-2-4-9(8)7-11/h1-4H,5-7H2. The van der Waals surface area contributed by atoms with Gasteiger partial charge in [0, 0.05) is 5.33 Å². The van der Waals surface area contributed by atoms with Crippen molar-refractivity contribution in [3.05, 3.63) is 35.4 Å². The predicted octanol–water partition coefficient (Wildman–Crippen LogP) is 3.09. The molecule has 60 valence electrons. The van der Waals surface area contributed by atoms with E-state index in [4.69, 9.17) is 0 Å². The molecule has 1 aromatic rings. The Hall–Kier alpha value is -0.370. The van der Waals surface area contributed by atoms with Crippen LogP contribution in [0.15, 0.2) is 24.3 Å². The fraction of sp³-hybridized carbons (Fsp3) is 0.333. The van der Waals surface area contributed by atoms with Gasteiger partial charge in [-0.15, -0.1) is 0 Å². The van der Waals surface area contributed by atoms with Crippen molar-refractivity contribution in [2.75, 3.05) is 5.33 Å². The van der Waals surface area contributed by atoms with Crippen molar-refractivity contribution in [3.63, 3.8) is 0 Å². The maximum absolute atomic E-state index is 12.3. The van der Waals surface area contributed by atoms with Crippen LogP contribution >= 0.6 is 15.9 Å². The lowest BCUT2D eigenvalue weighted by Gasteiger charge is -2.02. The van der Waals surface area contributed by atoms with E-state index in [1.165, 1.54) is 0 Å². The summed E-state index contributed by atoms with van der Waals surface area (Å²) < 4.78 is 12.3. The zero-order valence-electron chi connectivity index (χ0n) is 6.19. The van der Waals surface area contributed by atoms with E-state index in [-0.39, 0.29) is 6.67 Å². The third-order valence-corrected chi connectivity index (χ3v) is 2.02. The fourth-order valence-electron chi connectivity index (χ4n) is 1.03. The second-order valence-corrected chi connectivity index (χ2v) is 3.13. The molecule has 1 aromatic carbocycles. The van der Waals surface area contributed by atoms with Gasteiger partial charge in [0.25, 0.3) is 0 Å². The molecule has 0 atom stereocenters. The van der Waals surface area contributed by atoms with Crippen LogP contribution in [-0.2, 0) is 13.1 Å².